The maximum atomic E-state index is 3.39. The van der Waals surface area contributed by atoms with Gasteiger partial charge in [0.1, 0.15) is 0 Å². The molecule has 1 heterocycles. The molecule has 0 saturated carbocycles. The summed E-state index contributed by atoms with van der Waals surface area (Å²) in [6.07, 6.45) is 5.59. The van der Waals surface area contributed by atoms with Gasteiger partial charge in [-0.15, -0.1) is 0 Å². The fourth-order valence-electron chi connectivity index (χ4n) is 2.43. The topological polar surface area (TPSA) is 15.3 Å². The zero-order chi connectivity index (χ0) is 11.3. The lowest BCUT2D eigenvalue weighted by atomic mass is 9.98. The van der Waals surface area contributed by atoms with Crippen molar-refractivity contribution in [2.24, 2.45) is 5.92 Å². The van der Waals surface area contributed by atoms with Crippen LogP contribution in [0.5, 0.6) is 0 Å². The third-order valence-corrected chi connectivity index (χ3v) is 3.81. The molecule has 0 aromatic rings. The molecule has 0 aromatic carbocycles. The molecule has 2 heteroatoms. The molecule has 1 fully saturated rings. The predicted octanol–water partition coefficient (Wildman–Crippen LogP) is 2.50. The number of nitrogens with zero attached hydrogens (tertiary/aromatic N) is 1. The van der Waals surface area contributed by atoms with Crippen molar-refractivity contribution < 1.29 is 0 Å². The van der Waals surface area contributed by atoms with Gasteiger partial charge >= 0.3 is 0 Å². The largest absolute Gasteiger partial charge is 0.314 e. The smallest absolute Gasteiger partial charge is 0.0249 e. The predicted molar refractivity (Wildman–Crippen MR) is 67.2 cm³/mol. The molecule has 0 radical (unpaired) electrons. The highest BCUT2D eigenvalue weighted by Crippen LogP contribution is 2.21. The van der Waals surface area contributed by atoms with Crippen LogP contribution in [0.1, 0.15) is 46.5 Å². The van der Waals surface area contributed by atoms with Gasteiger partial charge in [0, 0.05) is 12.1 Å². The summed E-state index contributed by atoms with van der Waals surface area (Å²) in [6.45, 7) is 10.7. The first kappa shape index (κ1) is 13.0. The Hall–Kier alpha value is -0.0800. The summed E-state index contributed by atoms with van der Waals surface area (Å²) in [5.74, 6) is 0.979. The van der Waals surface area contributed by atoms with Crippen LogP contribution in [0.3, 0.4) is 0 Å². The number of hydrogen-bond acceptors (Lipinski definition) is 2. The number of likely N-dealkylation sites (N-methyl/N-ethyl adjacent to an activating group) is 1. The van der Waals surface area contributed by atoms with Crippen LogP contribution >= 0.6 is 0 Å². The summed E-state index contributed by atoms with van der Waals surface area (Å²) in [5.41, 5.74) is 0.256. The first-order valence-corrected chi connectivity index (χ1v) is 6.48. The van der Waals surface area contributed by atoms with E-state index in [1.165, 1.54) is 45.3 Å². The molecule has 90 valence electrons. The highest BCUT2D eigenvalue weighted by molar-refractivity contribution is 4.81. The summed E-state index contributed by atoms with van der Waals surface area (Å²) in [5, 5.41) is 3.39. The van der Waals surface area contributed by atoms with E-state index in [2.05, 4.69) is 38.0 Å². The number of hydrogen-bond donors (Lipinski definition) is 1. The lowest BCUT2D eigenvalue weighted by Crippen LogP contribution is -2.47. The fourth-order valence-corrected chi connectivity index (χ4v) is 2.43. The molecule has 0 aromatic heterocycles. The minimum absolute atomic E-state index is 0.256. The van der Waals surface area contributed by atoms with Gasteiger partial charge in [0.15, 0.2) is 0 Å². The third-order valence-electron chi connectivity index (χ3n) is 3.81. The van der Waals surface area contributed by atoms with Crippen LogP contribution < -0.4 is 5.32 Å². The summed E-state index contributed by atoms with van der Waals surface area (Å²) < 4.78 is 0. The zero-order valence-electron chi connectivity index (χ0n) is 11.0. The average Bonchev–Trinajstić information content (AvgIpc) is 2.43. The SMILES string of the molecule is CCC1CCCN(CC(C)(C)NC)CC1. The third kappa shape index (κ3) is 4.52. The first-order valence-electron chi connectivity index (χ1n) is 6.48. The highest BCUT2D eigenvalue weighted by atomic mass is 15.2. The maximum Gasteiger partial charge on any atom is 0.0249 e. The van der Waals surface area contributed by atoms with Gasteiger partial charge in [-0.25, -0.2) is 0 Å². The van der Waals surface area contributed by atoms with Crippen LogP contribution in [0, 0.1) is 5.92 Å². The minimum atomic E-state index is 0.256. The molecule has 2 nitrogen and oxygen atoms in total. The summed E-state index contributed by atoms with van der Waals surface area (Å²) in [6, 6.07) is 0. The summed E-state index contributed by atoms with van der Waals surface area (Å²) in [7, 11) is 2.06. The highest BCUT2D eigenvalue weighted by Gasteiger charge is 2.22. The molecular formula is C13H28N2. The Labute approximate surface area is 95.4 Å². The van der Waals surface area contributed by atoms with Gasteiger partial charge in [0.05, 0.1) is 0 Å². The normalized spacial score (nSPS) is 25.2. The van der Waals surface area contributed by atoms with Gasteiger partial charge in [-0.3, -0.25) is 0 Å². The summed E-state index contributed by atoms with van der Waals surface area (Å²) in [4.78, 5) is 2.63. The molecule has 1 rings (SSSR count). The van der Waals surface area contributed by atoms with Crippen molar-refractivity contribution in [1.29, 1.82) is 0 Å². The van der Waals surface area contributed by atoms with Crippen molar-refractivity contribution in [3.63, 3.8) is 0 Å². The molecule has 0 amide bonds. The molecule has 0 bridgehead atoms. The standard InChI is InChI=1S/C13H28N2/c1-5-12-7-6-9-15(10-8-12)11-13(2,3)14-4/h12,14H,5-11H2,1-4H3. The molecule has 1 aliphatic rings. The molecule has 1 unspecified atom stereocenters. The van der Waals surface area contributed by atoms with E-state index in [9.17, 15) is 0 Å². The maximum absolute atomic E-state index is 3.39. The van der Waals surface area contributed by atoms with Crippen molar-refractivity contribution in [1.82, 2.24) is 10.2 Å². The van der Waals surface area contributed by atoms with Crippen molar-refractivity contribution >= 4 is 0 Å². The van der Waals surface area contributed by atoms with E-state index in [-0.39, 0.29) is 5.54 Å². The van der Waals surface area contributed by atoms with Crippen LogP contribution in [0.4, 0.5) is 0 Å². The van der Waals surface area contributed by atoms with Gasteiger partial charge in [0.25, 0.3) is 0 Å². The van der Waals surface area contributed by atoms with Crippen molar-refractivity contribution in [3.8, 4) is 0 Å². The second-order valence-electron chi connectivity index (χ2n) is 5.62. The molecular weight excluding hydrogens is 184 g/mol. The average molecular weight is 212 g/mol. The molecule has 0 aliphatic carbocycles. The lowest BCUT2D eigenvalue weighted by molar-refractivity contribution is 0.211. The van der Waals surface area contributed by atoms with E-state index in [4.69, 9.17) is 0 Å². The Bertz CT molecular complexity index is 177. The van der Waals surface area contributed by atoms with E-state index in [1.807, 2.05) is 0 Å². The van der Waals surface area contributed by atoms with Crippen LogP contribution in [-0.4, -0.2) is 37.1 Å². The zero-order valence-corrected chi connectivity index (χ0v) is 11.0. The van der Waals surface area contributed by atoms with Crippen molar-refractivity contribution in [3.05, 3.63) is 0 Å². The van der Waals surface area contributed by atoms with E-state index < -0.39 is 0 Å². The van der Waals surface area contributed by atoms with E-state index in [1.54, 1.807) is 0 Å². The summed E-state index contributed by atoms with van der Waals surface area (Å²) >= 11 is 0. The Morgan fingerprint density at radius 2 is 2.00 bits per heavy atom. The van der Waals surface area contributed by atoms with E-state index in [0.717, 1.165) is 5.92 Å². The van der Waals surface area contributed by atoms with Crippen LogP contribution in [0.15, 0.2) is 0 Å². The Kier molecular flexibility index (Phi) is 5.07. The Balaban J connectivity index is 2.37. The minimum Gasteiger partial charge on any atom is -0.314 e. The fraction of sp³-hybridized carbons (Fsp3) is 1.00. The molecule has 0 spiro atoms. The van der Waals surface area contributed by atoms with Crippen LogP contribution in [-0.2, 0) is 0 Å². The van der Waals surface area contributed by atoms with Gasteiger partial charge < -0.3 is 10.2 Å². The van der Waals surface area contributed by atoms with E-state index >= 15 is 0 Å². The molecule has 1 saturated heterocycles. The van der Waals surface area contributed by atoms with Crippen molar-refractivity contribution in [2.45, 2.75) is 52.0 Å². The number of nitrogens with one attached hydrogen (secondary N) is 1. The van der Waals surface area contributed by atoms with E-state index in [0.29, 0.717) is 0 Å². The number of likely N-dealkylation sites (tertiary alicyclic amines) is 1. The lowest BCUT2D eigenvalue weighted by Gasteiger charge is -2.31. The van der Waals surface area contributed by atoms with Crippen LogP contribution in [0.2, 0.25) is 0 Å². The van der Waals surface area contributed by atoms with Gasteiger partial charge in [-0.1, -0.05) is 13.3 Å². The molecule has 1 N–H and O–H groups in total. The number of rotatable bonds is 4. The van der Waals surface area contributed by atoms with Crippen LogP contribution in [0.25, 0.3) is 0 Å². The van der Waals surface area contributed by atoms with Gasteiger partial charge in [-0.05, 0) is 59.2 Å². The second-order valence-corrected chi connectivity index (χ2v) is 5.62. The van der Waals surface area contributed by atoms with Gasteiger partial charge in [-0.2, -0.15) is 0 Å². The van der Waals surface area contributed by atoms with Crippen molar-refractivity contribution in [2.75, 3.05) is 26.7 Å². The monoisotopic (exact) mass is 212 g/mol. The molecule has 1 atom stereocenters. The second kappa shape index (κ2) is 5.86. The molecule has 1 aliphatic heterocycles. The Morgan fingerprint density at radius 3 is 2.60 bits per heavy atom. The molecule has 15 heavy (non-hydrogen) atoms. The quantitative estimate of drug-likeness (QED) is 0.770. The Morgan fingerprint density at radius 1 is 1.27 bits per heavy atom. The first-order chi connectivity index (χ1) is 7.07. The van der Waals surface area contributed by atoms with Gasteiger partial charge in [0.2, 0.25) is 0 Å².